The van der Waals surface area contributed by atoms with E-state index in [0.29, 0.717) is 34.7 Å². The summed E-state index contributed by atoms with van der Waals surface area (Å²) in [6, 6.07) is 11.4. The molecule has 1 unspecified atom stereocenters. The van der Waals surface area contributed by atoms with Crippen LogP contribution in [0.25, 0.3) is 10.2 Å². The Morgan fingerprint density at radius 2 is 2.03 bits per heavy atom. The number of carbonyl (C=O) groups is 1. The minimum atomic E-state index is -4.39. The largest absolute Gasteiger partial charge is 0.416 e. The van der Waals surface area contributed by atoms with Gasteiger partial charge in [0.05, 0.1) is 20.8 Å². The molecule has 1 amide bonds. The quantitative estimate of drug-likeness (QED) is 0.651. The fraction of sp³-hybridized carbons (Fsp3) is 0.333. The molecule has 1 atom stereocenters. The van der Waals surface area contributed by atoms with Crippen molar-refractivity contribution in [3.63, 3.8) is 0 Å². The number of hydrogen-bond donors (Lipinski definition) is 1. The zero-order valence-electron chi connectivity index (χ0n) is 15.6. The van der Waals surface area contributed by atoms with Crippen LogP contribution < -0.4 is 10.6 Å². The number of fused-ring (bicyclic) bond motifs is 2. The van der Waals surface area contributed by atoms with E-state index in [1.54, 1.807) is 4.90 Å². The maximum atomic E-state index is 12.9. The molecule has 152 valence electrons. The highest BCUT2D eigenvalue weighted by Crippen LogP contribution is 2.38. The zero-order valence-corrected chi connectivity index (χ0v) is 16.4. The molecule has 0 aliphatic carbocycles. The van der Waals surface area contributed by atoms with E-state index < -0.39 is 11.7 Å². The third-order valence-electron chi connectivity index (χ3n) is 5.20. The Labute approximate surface area is 170 Å². The van der Waals surface area contributed by atoms with E-state index in [0.717, 1.165) is 29.8 Å². The molecule has 0 bridgehead atoms. The van der Waals surface area contributed by atoms with Crippen LogP contribution in [0.15, 0.2) is 42.5 Å². The molecular weight excluding hydrogens is 399 g/mol. The van der Waals surface area contributed by atoms with Gasteiger partial charge in [0.25, 0.3) is 0 Å². The van der Waals surface area contributed by atoms with Crippen LogP contribution in [0.1, 0.15) is 34.9 Å². The summed E-state index contributed by atoms with van der Waals surface area (Å²) >= 11 is 1.33. The van der Waals surface area contributed by atoms with E-state index in [1.807, 2.05) is 24.3 Å². The van der Waals surface area contributed by atoms with Gasteiger partial charge in [-0.25, -0.2) is 4.98 Å². The lowest BCUT2D eigenvalue weighted by Gasteiger charge is -2.17. The number of hydrogen-bond acceptors (Lipinski definition) is 4. The second-order valence-corrected chi connectivity index (χ2v) is 8.24. The average Bonchev–Trinajstić information content (AvgIpc) is 3.26. The van der Waals surface area contributed by atoms with Crippen molar-refractivity contribution in [1.29, 1.82) is 0 Å². The van der Waals surface area contributed by atoms with Crippen LogP contribution in [0, 0.1) is 0 Å². The van der Waals surface area contributed by atoms with E-state index in [-0.39, 0.29) is 18.2 Å². The first-order valence-electron chi connectivity index (χ1n) is 9.43. The summed E-state index contributed by atoms with van der Waals surface area (Å²) in [6.45, 7) is 1.18. The smallest absolute Gasteiger partial charge is 0.330 e. The van der Waals surface area contributed by atoms with Crippen molar-refractivity contribution in [2.75, 3.05) is 18.0 Å². The molecule has 1 aliphatic rings. The van der Waals surface area contributed by atoms with E-state index in [1.165, 1.54) is 17.4 Å². The lowest BCUT2D eigenvalue weighted by molar-refractivity contribution is -0.137. The Morgan fingerprint density at radius 3 is 2.79 bits per heavy atom. The van der Waals surface area contributed by atoms with Crippen molar-refractivity contribution < 1.29 is 18.0 Å². The molecule has 4 rings (SSSR count). The molecule has 29 heavy (non-hydrogen) atoms. The predicted molar refractivity (Wildman–Crippen MR) is 108 cm³/mol. The second kappa shape index (κ2) is 7.76. The number of thiazole rings is 1. The van der Waals surface area contributed by atoms with Gasteiger partial charge in [0.1, 0.15) is 0 Å². The standard InChI is InChI=1S/C21H20F3N3OS/c22-21(23,24)14-5-6-18-16(11-14)26-19(29-18)7-8-20(28)27-12-13(9-10-25)15-3-1-2-4-17(15)27/h1-6,11,13H,7-10,12,25H2. The van der Waals surface area contributed by atoms with Crippen LogP contribution in [-0.4, -0.2) is 24.0 Å². The van der Waals surface area contributed by atoms with Gasteiger partial charge >= 0.3 is 6.18 Å². The van der Waals surface area contributed by atoms with Crippen LogP contribution in [0.5, 0.6) is 0 Å². The van der Waals surface area contributed by atoms with Crippen LogP contribution >= 0.6 is 11.3 Å². The van der Waals surface area contributed by atoms with Crippen LogP contribution in [0.3, 0.4) is 0 Å². The normalized spacial score (nSPS) is 16.4. The Hall–Kier alpha value is -2.45. The number of para-hydroxylation sites is 1. The third kappa shape index (κ3) is 4.00. The summed E-state index contributed by atoms with van der Waals surface area (Å²) in [6.07, 6.45) is -2.91. The molecular formula is C21H20F3N3OS. The fourth-order valence-corrected chi connectivity index (χ4v) is 4.73. The number of halogens is 3. The number of anilines is 1. The zero-order chi connectivity index (χ0) is 20.6. The molecule has 2 aromatic carbocycles. The van der Waals surface area contributed by atoms with Gasteiger partial charge in [0, 0.05) is 31.0 Å². The first-order valence-corrected chi connectivity index (χ1v) is 10.2. The fourth-order valence-electron chi connectivity index (χ4n) is 3.79. The molecule has 1 aliphatic heterocycles. The summed E-state index contributed by atoms with van der Waals surface area (Å²) in [5, 5.41) is 0.665. The molecule has 0 saturated carbocycles. The number of amides is 1. The number of aryl methyl sites for hydroxylation is 1. The maximum Gasteiger partial charge on any atom is 0.416 e. The number of nitrogens with zero attached hydrogens (tertiary/aromatic N) is 2. The number of nitrogens with two attached hydrogens (primary N) is 1. The number of aromatic nitrogens is 1. The lowest BCUT2D eigenvalue weighted by atomic mass is 9.98. The Balaban J connectivity index is 1.47. The van der Waals surface area contributed by atoms with Gasteiger partial charge in [0.2, 0.25) is 5.91 Å². The van der Waals surface area contributed by atoms with Crippen molar-refractivity contribution in [2.24, 2.45) is 5.73 Å². The highest BCUT2D eigenvalue weighted by molar-refractivity contribution is 7.18. The summed E-state index contributed by atoms with van der Waals surface area (Å²) in [5.41, 5.74) is 7.40. The summed E-state index contributed by atoms with van der Waals surface area (Å²) in [7, 11) is 0. The predicted octanol–water partition coefficient (Wildman–Crippen LogP) is 4.73. The Morgan fingerprint density at radius 1 is 1.24 bits per heavy atom. The van der Waals surface area contributed by atoms with Crippen LogP contribution in [-0.2, 0) is 17.4 Å². The topological polar surface area (TPSA) is 59.2 Å². The molecule has 0 radical (unpaired) electrons. The van der Waals surface area contributed by atoms with Crippen molar-refractivity contribution in [1.82, 2.24) is 4.98 Å². The van der Waals surface area contributed by atoms with Gasteiger partial charge in [-0.05, 0) is 42.8 Å². The summed E-state index contributed by atoms with van der Waals surface area (Å²) in [5.74, 6) is 0.232. The molecule has 4 nitrogen and oxygen atoms in total. The monoisotopic (exact) mass is 419 g/mol. The van der Waals surface area contributed by atoms with Gasteiger partial charge in [-0.3, -0.25) is 4.79 Å². The molecule has 3 aromatic rings. The highest BCUT2D eigenvalue weighted by atomic mass is 32.1. The molecule has 2 heterocycles. The van der Waals surface area contributed by atoms with Gasteiger partial charge in [-0.15, -0.1) is 11.3 Å². The van der Waals surface area contributed by atoms with Crippen LogP contribution in [0.2, 0.25) is 0 Å². The number of alkyl halides is 3. The van der Waals surface area contributed by atoms with Crippen molar-refractivity contribution >= 4 is 33.1 Å². The molecule has 1 aromatic heterocycles. The third-order valence-corrected chi connectivity index (χ3v) is 6.29. The second-order valence-electron chi connectivity index (χ2n) is 7.13. The Bertz CT molecular complexity index is 1050. The first-order chi connectivity index (χ1) is 13.9. The van der Waals surface area contributed by atoms with E-state index >= 15 is 0 Å². The van der Waals surface area contributed by atoms with Crippen molar-refractivity contribution in [3.8, 4) is 0 Å². The van der Waals surface area contributed by atoms with Crippen LogP contribution in [0.4, 0.5) is 18.9 Å². The van der Waals surface area contributed by atoms with E-state index in [2.05, 4.69) is 4.98 Å². The molecule has 2 N–H and O–H groups in total. The number of carbonyl (C=O) groups excluding carboxylic acids is 1. The Kier molecular flexibility index (Phi) is 5.31. The summed E-state index contributed by atoms with van der Waals surface area (Å²) in [4.78, 5) is 19.0. The van der Waals surface area contributed by atoms with Gasteiger partial charge in [-0.2, -0.15) is 13.2 Å². The molecule has 0 fully saturated rings. The SMILES string of the molecule is NCCC1CN(C(=O)CCc2nc3cc(C(F)(F)F)ccc3s2)c2ccccc21. The molecule has 8 heteroatoms. The average molecular weight is 419 g/mol. The lowest BCUT2D eigenvalue weighted by Crippen LogP contribution is -2.30. The van der Waals surface area contributed by atoms with Crippen molar-refractivity contribution in [2.45, 2.75) is 31.4 Å². The van der Waals surface area contributed by atoms with Gasteiger partial charge in [-0.1, -0.05) is 18.2 Å². The maximum absolute atomic E-state index is 12.9. The van der Waals surface area contributed by atoms with E-state index in [9.17, 15) is 18.0 Å². The van der Waals surface area contributed by atoms with Gasteiger partial charge < -0.3 is 10.6 Å². The molecule has 0 saturated heterocycles. The minimum absolute atomic E-state index is 0.00721. The first kappa shape index (κ1) is 19.8. The number of rotatable bonds is 5. The summed E-state index contributed by atoms with van der Waals surface area (Å²) < 4.78 is 39.3. The number of benzene rings is 2. The molecule has 0 spiro atoms. The van der Waals surface area contributed by atoms with Gasteiger partial charge in [0.15, 0.2) is 0 Å². The highest BCUT2D eigenvalue weighted by Gasteiger charge is 2.32. The van der Waals surface area contributed by atoms with E-state index in [4.69, 9.17) is 5.73 Å². The minimum Gasteiger partial charge on any atom is -0.330 e. The van der Waals surface area contributed by atoms with Crippen molar-refractivity contribution in [3.05, 3.63) is 58.6 Å².